The molecule has 4 aliphatic carbocycles. The number of rotatable bonds is 6. The number of carbonyl (C=O) groups is 1. The van der Waals surface area contributed by atoms with Crippen LogP contribution in [0.25, 0.3) is 0 Å². The Kier molecular flexibility index (Phi) is 6.93. The van der Waals surface area contributed by atoms with E-state index in [-0.39, 0.29) is 5.97 Å². The van der Waals surface area contributed by atoms with Gasteiger partial charge in [0.25, 0.3) is 0 Å². The van der Waals surface area contributed by atoms with Crippen molar-refractivity contribution in [2.24, 2.45) is 52.3 Å². The molecule has 4 rings (SSSR count). The molecule has 3 saturated carbocycles. The summed E-state index contributed by atoms with van der Waals surface area (Å²) < 4.78 is 11.9. The third kappa shape index (κ3) is 4.59. The summed E-state index contributed by atoms with van der Waals surface area (Å²) in [6.45, 7) is 17.1. The number of allylic oxidation sites excluding steroid dienone is 2. The molecule has 0 N–H and O–H groups in total. The van der Waals surface area contributed by atoms with Crippen LogP contribution in [-0.4, -0.2) is 21.4 Å². The van der Waals surface area contributed by atoms with E-state index in [1.54, 1.807) is 0 Å². The van der Waals surface area contributed by atoms with Gasteiger partial charge in [0.15, 0.2) is 0 Å². The zero-order valence-corrected chi connectivity index (χ0v) is 23.7. The highest BCUT2D eigenvalue weighted by atomic mass is 28.4. The fraction of sp³-hybridized carbons (Fsp3) is 0.897. The van der Waals surface area contributed by atoms with E-state index in [1.807, 2.05) is 0 Å². The summed E-state index contributed by atoms with van der Waals surface area (Å²) in [4.78, 5) is 11.8. The molecule has 0 aromatic heterocycles. The molecule has 9 atom stereocenters. The molecule has 4 aliphatic rings. The van der Waals surface area contributed by atoms with Crippen LogP contribution in [0.15, 0.2) is 11.8 Å². The molecule has 0 aromatic rings. The van der Waals surface area contributed by atoms with Crippen molar-refractivity contribution in [2.45, 2.75) is 105 Å². The van der Waals surface area contributed by atoms with Crippen LogP contribution in [0.3, 0.4) is 0 Å². The highest BCUT2D eigenvalue weighted by molar-refractivity contribution is 6.70. The maximum atomic E-state index is 11.8. The molecule has 188 valence electrons. The number of carbonyl (C=O) groups excluding carboxylic acids is 1. The van der Waals surface area contributed by atoms with Crippen LogP contribution in [0.5, 0.6) is 0 Å². The normalized spacial score (nSPS) is 43.6. The van der Waals surface area contributed by atoms with Crippen molar-refractivity contribution in [3.8, 4) is 0 Å². The Labute approximate surface area is 204 Å². The molecule has 0 aromatic carbocycles. The third-order valence-electron chi connectivity index (χ3n) is 10.7. The number of methoxy groups -OCH3 is 1. The van der Waals surface area contributed by atoms with Crippen molar-refractivity contribution in [1.82, 2.24) is 0 Å². The first-order valence-corrected chi connectivity index (χ1v) is 17.3. The van der Waals surface area contributed by atoms with E-state index in [1.165, 1.54) is 57.8 Å². The van der Waals surface area contributed by atoms with Gasteiger partial charge in [-0.2, -0.15) is 0 Å². The Bertz CT molecular complexity index is 769. The Balaban J connectivity index is 1.64. The molecule has 0 aliphatic heterocycles. The molecule has 3 nitrogen and oxygen atoms in total. The van der Waals surface area contributed by atoms with Crippen LogP contribution in [-0.2, 0) is 14.0 Å². The molecule has 0 saturated heterocycles. The zero-order chi connectivity index (χ0) is 24.2. The molecule has 0 radical (unpaired) electrons. The van der Waals surface area contributed by atoms with Crippen molar-refractivity contribution >= 4 is 14.3 Å². The highest BCUT2D eigenvalue weighted by Gasteiger charge is 2.61. The predicted octanol–water partition coefficient (Wildman–Crippen LogP) is 7.83. The van der Waals surface area contributed by atoms with Gasteiger partial charge in [0.1, 0.15) is 0 Å². The second-order valence-electron chi connectivity index (χ2n) is 13.8. The predicted molar refractivity (Wildman–Crippen MR) is 138 cm³/mol. The van der Waals surface area contributed by atoms with Gasteiger partial charge in [-0.1, -0.05) is 34.1 Å². The van der Waals surface area contributed by atoms with Gasteiger partial charge in [-0.3, -0.25) is 4.79 Å². The first-order valence-electron chi connectivity index (χ1n) is 13.9. The van der Waals surface area contributed by atoms with E-state index in [0.717, 1.165) is 24.2 Å². The van der Waals surface area contributed by atoms with Gasteiger partial charge < -0.3 is 9.16 Å². The summed E-state index contributed by atoms with van der Waals surface area (Å²) in [5.74, 6) is 6.24. The second kappa shape index (κ2) is 9.02. The van der Waals surface area contributed by atoms with Gasteiger partial charge in [-0.25, -0.2) is 0 Å². The maximum absolute atomic E-state index is 11.8. The maximum Gasteiger partial charge on any atom is 0.305 e. The van der Waals surface area contributed by atoms with E-state index < -0.39 is 8.32 Å². The fourth-order valence-electron chi connectivity index (χ4n) is 8.95. The summed E-state index contributed by atoms with van der Waals surface area (Å²) in [6, 6.07) is 0. The number of esters is 1. The van der Waals surface area contributed by atoms with E-state index in [9.17, 15) is 4.79 Å². The third-order valence-corrected chi connectivity index (χ3v) is 11.6. The average molecular weight is 475 g/mol. The molecule has 0 spiro atoms. The van der Waals surface area contributed by atoms with Gasteiger partial charge >= 0.3 is 5.97 Å². The minimum absolute atomic E-state index is 0.0585. The molecule has 3 fully saturated rings. The lowest BCUT2D eigenvalue weighted by atomic mass is 9.45. The topological polar surface area (TPSA) is 35.5 Å². The molecular weight excluding hydrogens is 424 g/mol. The summed E-state index contributed by atoms with van der Waals surface area (Å²) in [5, 5.41) is 0. The zero-order valence-electron chi connectivity index (χ0n) is 22.7. The summed E-state index contributed by atoms with van der Waals surface area (Å²) in [5.41, 5.74) is 0.809. The Hall–Kier alpha value is -0.773. The van der Waals surface area contributed by atoms with Gasteiger partial charge in [0.05, 0.1) is 12.9 Å². The smallest absolute Gasteiger partial charge is 0.305 e. The van der Waals surface area contributed by atoms with Gasteiger partial charge in [0.2, 0.25) is 8.32 Å². The number of fused-ring (bicyclic) bond motifs is 5. The Morgan fingerprint density at radius 3 is 2.42 bits per heavy atom. The molecular formula is C29H50O3Si. The van der Waals surface area contributed by atoms with Gasteiger partial charge in [-0.05, 0) is 117 Å². The molecule has 5 unspecified atom stereocenters. The van der Waals surface area contributed by atoms with Crippen molar-refractivity contribution in [3.63, 3.8) is 0 Å². The van der Waals surface area contributed by atoms with Crippen LogP contribution in [0.4, 0.5) is 0 Å². The Morgan fingerprint density at radius 2 is 1.76 bits per heavy atom. The summed E-state index contributed by atoms with van der Waals surface area (Å²) in [6.07, 6.45) is 13.6. The van der Waals surface area contributed by atoms with Crippen molar-refractivity contribution in [3.05, 3.63) is 11.8 Å². The van der Waals surface area contributed by atoms with E-state index in [4.69, 9.17) is 9.16 Å². The van der Waals surface area contributed by atoms with Gasteiger partial charge in [-0.15, -0.1) is 0 Å². The van der Waals surface area contributed by atoms with Crippen molar-refractivity contribution in [1.29, 1.82) is 0 Å². The van der Waals surface area contributed by atoms with Gasteiger partial charge in [0, 0.05) is 12.3 Å². The highest BCUT2D eigenvalue weighted by Crippen LogP contribution is 2.68. The lowest BCUT2D eigenvalue weighted by molar-refractivity contribution is -0.141. The standard InChI is InChI=1S/C29H50O3Si/c1-19-13-15-28(3)21(17-19)18-25(32-33(6,7)8)27-23-11-10-22(20(2)9-12-26(30)31-5)29(23,4)16-14-24(27)28/h18-24,27H,9-17H2,1-8H3/t19-,20-,21?,22?,23?,24?,27?,28+,29-/m1/s1. The summed E-state index contributed by atoms with van der Waals surface area (Å²) >= 11 is 0. The SMILES string of the molecule is COC(=O)CC[C@@H](C)C1CCC2C3C(O[Si](C)(C)C)=CC4C[C@H](C)CC[C@]4(C)C3CC[C@@]21C. The lowest BCUT2D eigenvalue weighted by Crippen LogP contribution is -2.54. The van der Waals surface area contributed by atoms with Crippen LogP contribution in [0.2, 0.25) is 19.6 Å². The number of hydrogen-bond donors (Lipinski definition) is 0. The van der Waals surface area contributed by atoms with E-state index >= 15 is 0 Å². The van der Waals surface area contributed by atoms with E-state index in [0.29, 0.717) is 40.9 Å². The molecule has 33 heavy (non-hydrogen) atoms. The first-order chi connectivity index (χ1) is 15.4. The molecule has 0 bridgehead atoms. The van der Waals surface area contributed by atoms with Crippen LogP contribution >= 0.6 is 0 Å². The fourth-order valence-corrected chi connectivity index (χ4v) is 9.86. The van der Waals surface area contributed by atoms with E-state index in [2.05, 4.69) is 53.4 Å². The van der Waals surface area contributed by atoms with Crippen LogP contribution < -0.4 is 0 Å². The number of ether oxygens (including phenoxy) is 1. The minimum atomic E-state index is -1.68. The Morgan fingerprint density at radius 1 is 1.09 bits per heavy atom. The lowest BCUT2D eigenvalue weighted by Gasteiger charge is -2.60. The molecule has 0 amide bonds. The quantitative estimate of drug-likeness (QED) is 0.291. The van der Waals surface area contributed by atoms with Crippen LogP contribution in [0, 0.1) is 52.3 Å². The average Bonchev–Trinajstić information content (AvgIpc) is 3.09. The van der Waals surface area contributed by atoms with Crippen molar-refractivity contribution in [2.75, 3.05) is 7.11 Å². The first kappa shape index (κ1) is 25.3. The minimum Gasteiger partial charge on any atom is -0.547 e. The summed E-state index contributed by atoms with van der Waals surface area (Å²) in [7, 11) is -0.165. The number of hydrogen-bond acceptors (Lipinski definition) is 3. The largest absolute Gasteiger partial charge is 0.547 e. The van der Waals surface area contributed by atoms with Crippen LogP contribution in [0.1, 0.15) is 85.5 Å². The monoisotopic (exact) mass is 474 g/mol. The molecule has 0 heterocycles. The molecule has 4 heteroatoms. The van der Waals surface area contributed by atoms with Crippen molar-refractivity contribution < 1.29 is 14.0 Å². The second-order valence-corrected chi connectivity index (χ2v) is 18.3.